The van der Waals surface area contributed by atoms with Gasteiger partial charge in [-0.3, -0.25) is 0 Å². The third-order valence-electron chi connectivity index (χ3n) is 3.23. The van der Waals surface area contributed by atoms with Gasteiger partial charge in [0.15, 0.2) is 11.6 Å². The lowest BCUT2D eigenvalue weighted by Crippen LogP contribution is -2.35. The van der Waals surface area contributed by atoms with E-state index in [1.54, 1.807) is 6.34 Å². The van der Waals surface area contributed by atoms with Gasteiger partial charge in [-0.15, -0.1) is 0 Å². The van der Waals surface area contributed by atoms with E-state index in [1.807, 2.05) is 56.0 Å². The predicted molar refractivity (Wildman–Crippen MR) is 76.5 cm³/mol. The first kappa shape index (κ1) is 13.6. The smallest absolute Gasteiger partial charge is 0.161 e. The fourth-order valence-electron chi connectivity index (χ4n) is 1.94. The zero-order valence-corrected chi connectivity index (χ0v) is 11.6. The highest BCUT2D eigenvalue weighted by Crippen LogP contribution is 2.19. The molecule has 0 saturated carbocycles. The molecular weight excluding hydrogens is 241 g/mol. The summed E-state index contributed by atoms with van der Waals surface area (Å²) in [5, 5.41) is 3.12. The molecule has 0 aliphatic carbocycles. The zero-order valence-electron chi connectivity index (χ0n) is 11.6. The maximum Gasteiger partial charge on any atom is 0.161 e. The minimum Gasteiger partial charge on any atom is -0.361 e. The number of nitrogens with one attached hydrogen (secondary N) is 1. The van der Waals surface area contributed by atoms with E-state index in [9.17, 15) is 4.39 Å². The van der Waals surface area contributed by atoms with E-state index in [-0.39, 0.29) is 24.5 Å². The Morgan fingerprint density at radius 3 is 2.47 bits per heavy atom. The first-order valence-electron chi connectivity index (χ1n) is 6.58. The maximum absolute atomic E-state index is 14.0. The topological polar surface area (TPSA) is 27.6 Å². The number of nitrogens with zero attached hydrogens (tertiary/aromatic N) is 2. The number of rotatable bonds is 4. The van der Waals surface area contributed by atoms with Gasteiger partial charge in [0.05, 0.1) is 18.9 Å². The molecule has 1 heterocycles. The summed E-state index contributed by atoms with van der Waals surface area (Å²) in [5.41, 5.74) is 1.12. The lowest BCUT2D eigenvalue weighted by Gasteiger charge is -2.27. The summed E-state index contributed by atoms with van der Waals surface area (Å²) < 4.78 is 14.0. The van der Waals surface area contributed by atoms with Gasteiger partial charge in [-0.25, -0.2) is 9.38 Å². The van der Waals surface area contributed by atoms with E-state index in [0.29, 0.717) is 5.82 Å². The van der Waals surface area contributed by atoms with E-state index in [4.69, 9.17) is 0 Å². The maximum atomic E-state index is 14.0. The Morgan fingerprint density at radius 1 is 1.21 bits per heavy atom. The van der Waals surface area contributed by atoms with Crippen LogP contribution < -0.4 is 5.32 Å². The Hall–Kier alpha value is -1.84. The number of benzene rings is 1. The molecule has 1 atom stereocenters. The van der Waals surface area contributed by atoms with Crippen LogP contribution in [0.25, 0.3) is 0 Å². The molecule has 0 unspecified atom stereocenters. The molecule has 2 rings (SSSR count). The van der Waals surface area contributed by atoms with E-state index in [0.717, 1.165) is 5.56 Å². The molecule has 0 aromatic heterocycles. The highest BCUT2D eigenvalue weighted by molar-refractivity contribution is 5.59. The van der Waals surface area contributed by atoms with Crippen molar-refractivity contribution in [1.29, 1.82) is 0 Å². The number of hydrogen-bond donors (Lipinski definition) is 1. The van der Waals surface area contributed by atoms with E-state index in [1.165, 1.54) is 0 Å². The summed E-state index contributed by atoms with van der Waals surface area (Å²) in [6.45, 7) is 6.32. The van der Waals surface area contributed by atoms with Gasteiger partial charge in [0, 0.05) is 6.04 Å². The van der Waals surface area contributed by atoms with Crippen molar-refractivity contribution in [2.75, 3.05) is 6.54 Å². The quantitative estimate of drug-likeness (QED) is 0.901. The van der Waals surface area contributed by atoms with Crippen LogP contribution in [0.4, 0.5) is 4.39 Å². The second kappa shape index (κ2) is 5.87. The molecule has 4 heteroatoms. The Bertz CT molecular complexity index is 479. The first-order valence-corrected chi connectivity index (χ1v) is 6.58. The van der Waals surface area contributed by atoms with E-state index in [2.05, 4.69) is 10.3 Å². The van der Waals surface area contributed by atoms with Crippen molar-refractivity contribution in [2.24, 2.45) is 4.99 Å². The number of halogens is 1. The van der Waals surface area contributed by atoms with Crippen molar-refractivity contribution < 1.29 is 4.39 Å². The van der Waals surface area contributed by atoms with Gasteiger partial charge in [-0.1, -0.05) is 30.3 Å². The molecule has 0 bridgehead atoms. The van der Waals surface area contributed by atoms with E-state index >= 15 is 0 Å². The van der Waals surface area contributed by atoms with Crippen LogP contribution in [0.1, 0.15) is 32.4 Å². The summed E-state index contributed by atoms with van der Waals surface area (Å²) in [5.74, 6) is 0.132. The van der Waals surface area contributed by atoms with Crippen molar-refractivity contribution in [1.82, 2.24) is 10.2 Å². The molecule has 0 fully saturated rings. The fourth-order valence-corrected chi connectivity index (χ4v) is 1.94. The fraction of sp³-hybridized carbons (Fsp3) is 0.400. The molecule has 19 heavy (non-hydrogen) atoms. The molecular formula is C15H20FN3. The first-order chi connectivity index (χ1) is 9.08. The van der Waals surface area contributed by atoms with Crippen LogP contribution in [0.15, 0.2) is 47.0 Å². The lowest BCUT2D eigenvalue weighted by molar-refractivity contribution is 0.343. The normalized spacial score (nSPS) is 17.0. The molecule has 1 aliphatic rings. The predicted octanol–water partition coefficient (Wildman–Crippen LogP) is 3.23. The van der Waals surface area contributed by atoms with E-state index < -0.39 is 0 Å². The zero-order chi connectivity index (χ0) is 13.8. The summed E-state index contributed by atoms with van der Waals surface area (Å²) in [6, 6.07) is 10.2. The Balaban J connectivity index is 2.04. The van der Waals surface area contributed by atoms with Crippen LogP contribution in [0, 0.1) is 0 Å². The van der Waals surface area contributed by atoms with Crippen molar-refractivity contribution in [2.45, 2.75) is 32.9 Å². The molecule has 0 spiro atoms. The molecule has 0 saturated heterocycles. The molecule has 0 amide bonds. The SMILES string of the molecule is CC(C)N1C=NC(N[C@@H](C)c2ccccc2)=C(F)C1. The third-order valence-corrected chi connectivity index (χ3v) is 3.23. The average Bonchev–Trinajstić information content (AvgIpc) is 2.41. The molecule has 0 radical (unpaired) electrons. The molecule has 1 aliphatic heterocycles. The highest BCUT2D eigenvalue weighted by Gasteiger charge is 2.18. The lowest BCUT2D eigenvalue weighted by atomic mass is 10.1. The van der Waals surface area contributed by atoms with Gasteiger partial charge < -0.3 is 10.2 Å². The van der Waals surface area contributed by atoms with Crippen LogP contribution in [-0.4, -0.2) is 23.8 Å². The van der Waals surface area contributed by atoms with Gasteiger partial charge >= 0.3 is 0 Å². The second-order valence-corrected chi connectivity index (χ2v) is 5.04. The summed E-state index contributed by atoms with van der Waals surface area (Å²) >= 11 is 0. The summed E-state index contributed by atoms with van der Waals surface area (Å²) in [7, 11) is 0. The van der Waals surface area contributed by atoms with Crippen molar-refractivity contribution >= 4 is 6.34 Å². The van der Waals surface area contributed by atoms with Gasteiger partial charge in [0.1, 0.15) is 0 Å². The molecule has 1 N–H and O–H groups in total. The molecule has 3 nitrogen and oxygen atoms in total. The minimum atomic E-state index is -0.209. The second-order valence-electron chi connectivity index (χ2n) is 5.04. The third kappa shape index (κ3) is 3.34. The van der Waals surface area contributed by atoms with Crippen LogP contribution in [0.5, 0.6) is 0 Å². The van der Waals surface area contributed by atoms with Crippen LogP contribution in [0.3, 0.4) is 0 Å². The van der Waals surface area contributed by atoms with Gasteiger partial charge in [-0.2, -0.15) is 0 Å². The Morgan fingerprint density at radius 2 is 1.89 bits per heavy atom. The molecule has 1 aromatic rings. The van der Waals surface area contributed by atoms with Crippen molar-refractivity contribution in [3.05, 3.63) is 47.5 Å². The Kier molecular flexibility index (Phi) is 4.20. The molecule has 1 aromatic carbocycles. The Labute approximate surface area is 113 Å². The van der Waals surface area contributed by atoms with Gasteiger partial charge in [0.2, 0.25) is 0 Å². The van der Waals surface area contributed by atoms with Crippen LogP contribution >= 0.6 is 0 Å². The van der Waals surface area contributed by atoms with Gasteiger partial charge in [0.25, 0.3) is 0 Å². The number of aliphatic imine (C=N–C) groups is 1. The minimum absolute atomic E-state index is 0.0321. The summed E-state index contributed by atoms with van der Waals surface area (Å²) in [6.07, 6.45) is 1.70. The number of hydrogen-bond acceptors (Lipinski definition) is 3. The molecule has 102 valence electrons. The summed E-state index contributed by atoms with van der Waals surface area (Å²) in [4.78, 5) is 6.04. The van der Waals surface area contributed by atoms with Crippen molar-refractivity contribution in [3.8, 4) is 0 Å². The van der Waals surface area contributed by atoms with Crippen LogP contribution in [0.2, 0.25) is 0 Å². The average molecular weight is 261 g/mol. The highest BCUT2D eigenvalue weighted by atomic mass is 19.1. The van der Waals surface area contributed by atoms with Gasteiger partial charge in [-0.05, 0) is 26.3 Å². The standard InChI is InChI=1S/C15H20FN3/c1-11(2)19-9-14(16)15(17-10-19)18-12(3)13-7-5-4-6-8-13/h4-8,10-12,18H,9H2,1-3H3/t12-/m0/s1. The van der Waals surface area contributed by atoms with Crippen molar-refractivity contribution in [3.63, 3.8) is 0 Å². The monoisotopic (exact) mass is 261 g/mol. The largest absolute Gasteiger partial charge is 0.361 e. The van der Waals surface area contributed by atoms with Crippen LogP contribution in [-0.2, 0) is 0 Å².